The van der Waals surface area contributed by atoms with Crippen LogP contribution in [-0.4, -0.2) is 17.9 Å². The summed E-state index contributed by atoms with van der Waals surface area (Å²) in [4.78, 5) is 22.4. The molecular formula is C13H16NO3-. The number of carbonyl (C=O) groups is 2. The van der Waals surface area contributed by atoms with E-state index in [0.29, 0.717) is 0 Å². The second kappa shape index (κ2) is 6.03. The monoisotopic (exact) mass is 234 g/mol. The fraction of sp³-hybridized carbons (Fsp3) is 0.385. The van der Waals surface area contributed by atoms with E-state index in [1.54, 1.807) is 13.8 Å². The zero-order valence-electron chi connectivity index (χ0n) is 9.97. The Morgan fingerprint density at radius 3 is 2.29 bits per heavy atom. The Morgan fingerprint density at radius 2 is 1.82 bits per heavy atom. The topological polar surface area (TPSA) is 69.2 Å². The van der Waals surface area contributed by atoms with E-state index in [1.165, 1.54) is 0 Å². The number of carbonyl (C=O) groups excluding carboxylic acids is 2. The quantitative estimate of drug-likeness (QED) is 0.786. The Morgan fingerprint density at radius 1 is 1.24 bits per heavy atom. The second-order valence-corrected chi connectivity index (χ2v) is 4.27. The standard InChI is InChI=1S/C13H17NO3/c1-9(2)12(13(16)17)14-11(15)8-10-6-4-3-5-7-10/h3-7,9,12H,8H2,1-2H3,(H,14,15)(H,16,17)/p-1/t12-/m1/s1. The lowest BCUT2D eigenvalue weighted by molar-refractivity contribution is -0.309. The van der Waals surface area contributed by atoms with E-state index in [0.717, 1.165) is 5.56 Å². The van der Waals surface area contributed by atoms with Crippen molar-refractivity contribution in [1.82, 2.24) is 5.32 Å². The highest BCUT2D eigenvalue weighted by molar-refractivity contribution is 5.84. The van der Waals surface area contributed by atoms with Gasteiger partial charge in [0.15, 0.2) is 0 Å². The number of rotatable bonds is 5. The summed E-state index contributed by atoms with van der Waals surface area (Å²) >= 11 is 0. The van der Waals surface area contributed by atoms with Crippen molar-refractivity contribution in [1.29, 1.82) is 0 Å². The van der Waals surface area contributed by atoms with Gasteiger partial charge in [0, 0.05) is 0 Å². The normalized spacial score (nSPS) is 12.2. The summed E-state index contributed by atoms with van der Waals surface area (Å²) in [5.41, 5.74) is 0.853. The van der Waals surface area contributed by atoms with Gasteiger partial charge in [0.2, 0.25) is 5.91 Å². The number of amides is 1. The smallest absolute Gasteiger partial charge is 0.224 e. The number of nitrogens with one attached hydrogen (secondary N) is 1. The molecule has 17 heavy (non-hydrogen) atoms. The molecule has 0 aliphatic carbocycles. The van der Waals surface area contributed by atoms with Crippen LogP contribution in [0.3, 0.4) is 0 Å². The molecule has 1 aromatic rings. The summed E-state index contributed by atoms with van der Waals surface area (Å²) in [6, 6.07) is 8.24. The minimum atomic E-state index is -1.25. The SMILES string of the molecule is CC(C)[C@@H](NC(=O)Cc1ccccc1)C(=O)[O-]. The zero-order chi connectivity index (χ0) is 12.8. The van der Waals surface area contributed by atoms with E-state index in [1.807, 2.05) is 30.3 Å². The Bertz CT molecular complexity index is 387. The Kier molecular flexibility index (Phi) is 4.69. The first-order valence-corrected chi connectivity index (χ1v) is 5.55. The van der Waals surface area contributed by atoms with Crippen LogP contribution >= 0.6 is 0 Å². The van der Waals surface area contributed by atoms with Gasteiger partial charge in [-0.15, -0.1) is 0 Å². The Labute approximate surface area is 101 Å². The van der Waals surface area contributed by atoms with E-state index in [-0.39, 0.29) is 18.2 Å². The van der Waals surface area contributed by atoms with Crippen molar-refractivity contribution in [2.24, 2.45) is 5.92 Å². The van der Waals surface area contributed by atoms with Crippen LogP contribution in [0.25, 0.3) is 0 Å². The maximum absolute atomic E-state index is 11.6. The van der Waals surface area contributed by atoms with Gasteiger partial charge >= 0.3 is 0 Å². The van der Waals surface area contributed by atoms with Crippen molar-refractivity contribution >= 4 is 11.9 Å². The largest absolute Gasteiger partial charge is 0.548 e. The third-order valence-electron chi connectivity index (χ3n) is 2.44. The summed E-state index contributed by atoms with van der Waals surface area (Å²) in [7, 11) is 0. The van der Waals surface area contributed by atoms with Gasteiger partial charge in [-0.05, 0) is 11.5 Å². The number of benzene rings is 1. The Hall–Kier alpha value is -1.84. The first-order valence-electron chi connectivity index (χ1n) is 5.55. The average molecular weight is 234 g/mol. The van der Waals surface area contributed by atoms with Crippen molar-refractivity contribution in [2.75, 3.05) is 0 Å². The molecule has 1 N–H and O–H groups in total. The van der Waals surface area contributed by atoms with Crippen molar-refractivity contribution in [2.45, 2.75) is 26.3 Å². The molecular weight excluding hydrogens is 218 g/mol. The molecule has 1 atom stereocenters. The van der Waals surface area contributed by atoms with Crippen LogP contribution in [0.5, 0.6) is 0 Å². The Balaban J connectivity index is 2.57. The molecule has 0 heterocycles. The van der Waals surface area contributed by atoms with Crippen LogP contribution in [0.15, 0.2) is 30.3 Å². The van der Waals surface area contributed by atoms with Gasteiger partial charge in [-0.1, -0.05) is 44.2 Å². The molecule has 0 saturated heterocycles. The lowest BCUT2D eigenvalue weighted by Gasteiger charge is -2.23. The van der Waals surface area contributed by atoms with E-state index in [9.17, 15) is 14.7 Å². The van der Waals surface area contributed by atoms with Crippen LogP contribution in [0.1, 0.15) is 19.4 Å². The second-order valence-electron chi connectivity index (χ2n) is 4.27. The maximum atomic E-state index is 11.6. The number of aliphatic carboxylic acids is 1. The van der Waals surface area contributed by atoms with Crippen LogP contribution in [-0.2, 0) is 16.0 Å². The number of carboxylic acid groups (broad SMARTS) is 1. The minimum absolute atomic E-state index is 0.178. The summed E-state index contributed by atoms with van der Waals surface area (Å²) in [5, 5.41) is 13.3. The maximum Gasteiger partial charge on any atom is 0.224 e. The average Bonchev–Trinajstić information content (AvgIpc) is 2.26. The summed E-state index contributed by atoms with van der Waals surface area (Å²) in [6.45, 7) is 3.45. The molecule has 1 aromatic carbocycles. The molecule has 0 aromatic heterocycles. The number of hydrogen-bond acceptors (Lipinski definition) is 3. The highest BCUT2D eigenvalue weighted by atomic mass is 16.4. The van der Waals surface area contributed by atoms with Gasteiger partial charge in [-0.2, -0.15) is 0 Å². The molecule has 4 heteroatoms. The van der Waals surface area contributed by atoms with E-state index in [4.69, 9.17) is 0 Å². The third kappa shape index (κ3) is 4.26. The van der Waals surface area contributed by atoms with Crippen molar-refractivity contribution in [3.05, 3.63) is 35.9 Å². The van der Waals surface area contributed by atoms with E-state index < -0.39 is 12.0 Å². The minimum Gasteiger partial charge on any atom is -0.548 e. The van der Waals surface area contributed by atoms with Gasteiger partial charge in [0.05, 0.1) is 18.4 Å². The lowest BCUT2D eigenvalue weighted by atomic mass is 10.0. The van der Waals surface area contributed by atoms with Gasteiger partial charge in [-0.25, -0.2) is 0 Å². The highest BCUT2D eigenvalue weighted by Gasteiger charge is 2.17. The molecule has 0 fully saturated rings. The number of hydrogen-bond donors (Lipinski definition) is 1. The first-order chi connectivity index (χ1) is 8.00. The predicted octanol–water partition coefficient (Wildman–Crippen LogP) is 0.120. The highest BCUT2D eigenvalue weighted by Crippen LogP contribution is 2.03. The zero-order valence-corrected chi connectivity index (χ0v) is 9.97. The number of carboxylic acids is 1. The van der Waals surface area contributed by atoms with Crippen LogP contribution in [0.2, 0.25) is 0 Å². The van der Waals surface area contributed by atoms with Crippen molar-refractivity contribution in [3.63, 3.8) is 0 Å². The fourth-order valence-electron chi connectivity index (χ4n) is 1.50. The summed E-state index contributed by atoms with van der Waals surface area (Å²) in [5.74, 6) is -1.75. The van der Waals surface area contributed by atoms with Crippen molar-refractivity contribution in [3.8, 4) is 0 Å². The van der Waals surface area contributed by atoms with Gasteiger partial charge in [0.25, 0.3) is 0 Å². The molecule has 1 rings (SSSR count). The predicted molar refractivity (Wildman–Crippen MR) is 61.9 cm³/mol. The van der Waals surface area contributed by atoms with Gasteiger partial charge in [0.1, 0.15) is 0 Å². The third-order valence-corrected chi connectivity index (χ3v) is 2.44. The molecule has 0 spiro atoms. The fourth-order valence-corrected chi connectivity index (χ4v) is 1.50. The van der Waals surface area contributed by atoms with Gasteiger partial charge < -0.3 is 15.2 Å². The summed E-state index contributed by atoms with van der Waals surface area (Å²) < 4.78 is 0. The molecule has 0 radical (unpaired) electrons. The molecule has 1 amide bonds. The first kappa shape index (κ1) is 13.2. The molecule has 0 bridgehead atoms. The van der Waals surface area contributed by atoms with Crippen molar-refractivity contribution < 1.29 is 14.7 Å². The molecule has 0 saturated carbocycles. The van der Waals surface area contributed by atoms with E-state index >= 15 is 0 Å². The van der Waals surface area contributed by atoms with Crippen LogP contribution in [0, 0.1) is 5.92 Å². The van der Waals surface area contributed by atoms with Gasteiger partial charge in [-0.3, -0.25) is 4.79 Å². The van der Waals surface area contributed by atoms with E-state index in [2.05, 4.69) is 5.32 Å². The van der Waals surface area contributed by atoms with Crippen LogP contribution in [0.4, 0.5) is 0 Å². The molecule has 0 aliphatic heterocycles. The molecule has 0 aliphatic rings. The lowest BCUT2D eigenvalue weighted by Crippen LogP contribution is -2.51. The van der Waals surface area contributed by atoms with Crippen LogP contribution < -0.4 is 10.4 Å². The molecule has 92 valence electrons. The summed E-state index contributed by atoms with van der Waals surface area (Å²) in [6.07, 6.45) is 0.178. The molecule has 0 unspecified atom stereocenters. The molecule has 4 nitrogen and oxygen atoms in total.